The predicted molar refractivity (Wildman–Crippen MR) is 149 cm³/mol. The molecule has 1 amide bonds. The smallest absolute Gasteiger partial charge is 0.326 e. The van der Waals surface area contributed by atoms with Gasteiger partial charge in [-0.05, 0) is 44.7 Å². The molecule has 1 N–H and O–H groups in total. The van der Waals surface area contributed by atoms with Gasteiger partial charge in [-0.25, -0.2) is 0 Å². The van der Waals surface area contributed by atoms with Crippen molar-refractivity contribution in [1.29, 1.82) is 0 Å². The van der Waals surface area contributed by atoms with Crippen molar-refractivity contribution < 1.29 is 19.1 Å². The molecule has 204 valence electrons. The molecule has 0 saturated heterocycles. The van der Waals surface area contributed by atoms with Crippen LogP contribution in [0.3, 0.4) is 0 Å². The second-order valence-electron chi connectivity index (χ2n) is 10.9. The molecule has 0 aromatic heterocycles. The number of halogens is 1. The van der Waals surface area contributed by atoms with Crippen LogP contribution >= 0.6 is 11.6 Å². The van der Waals surface area contributed by atoms with Crippen LogP contribution in [-0.4, -0.2) is 29.1 Å². The number of esters is 1. The molecule has 0 saturated carbocycles. The molecule has 0 aliphatic heterocycles. The number of amides is 1. The van der Waals surface area contributed by atoms with Crippen molar-refractivity contribution in [3.63, 3.8) is 0 Å². The number of carbonyl (C=O) groups excluding carboxylic acids is 3. The summed E-state index contributed by atoms with van der Waals surface area (Å²) in [5, 5.41) is 2.66. The zero-order valence-electron chi connectivity index (χ0n) is 23.1. The number of ketones is 1. The number of para-hydroxylation sites is 1. The molecule has 5 nitrogen and oxygen atoms in total. The zero-order chi connectivity index (χ0) is 27.0. The van der Waals surface area contributed by atoms with Crippen molar-refractivity contribution in [1.82, 2.24) is 0 Å². The molecule has 1 rings (SSSR count). The lowest BCUT2D eigenvalue weighted by Gasteiger charge is -2.25. The number of alkyl halides is 1. The number of hydrogen-bond donors (Lipinski definition) is 1. The zero-order valence-corrected chi connectivity index (χ0v) is 23.9. The first-order chi connectivity index (χ1) is 17.1. The van der Waals surface area contributed by atoms with Gasteiger partial charge in [0.1, 0.15) is 6.10 Å². The second-order valence-corrected chi connectivity index (χ2v) is 11.7. The van der Waals surface area contributed by atoms with Crippen LogP contribution in [0, 0.1) is 11.3 Å². The number of anilines is 1. The highest BCUT2D eigenvalue weighted by Crippen LogP contribution is 2.25. The molecule has 3 unspecified atom stereocenters. The third kappa shape index (κ3) is 13.4. The molecule has 1 aromatic carbocycles. The van der Waals surface area contributed by atoms with E-state index in [1.165, 1.54) is 44.9 Å². The van der Waals surface area contributed by atoms with Crippen molar-refractivity contribution in [2.24, 2.45) is 11.3 Å². The van der Waals surface area contributed by atoms with Gasteiger partial charge in [0.2, 0.25) is 5.91 Å². The maximum Gasteiger partial charge on any atom is 0.326 e. The summed E-state index contributed by atoms with van der Waals surface area (Å²) in [7, 11) is 0. The maximum absolute atomic E-state index is 13.2. The van der Waals surface area contributed by atoms with Crippen LogP contribution in [-0.2, 0) is 19.1 Å². The molecule has 0 aliphatic carbocycles. The first-order valence-corrected chi connectivity index (χ1v) is 14.2. The molecule has 6 heteroatoms. The highest BCUT2D eigenvalue weighted by molar-refractivity contribution is 6.21. The van der Waals surface area contributed by atoms with Crippen molar-refractivity contribution >= 4 is 34.9 Å². The predicted octanol–water partition coefficient (Wildman–Crippen LogP) is 8.10. The van der Waals surface area contributed by atoms with Crippen molar-refractivity contribution in [2.75, 3.05) is 5.32 Å². The minimum atomic E-state index is -1.51. The third-order valence-corrected chi connectivity index (χ3v) is 6.56. The van der Waals surface area contributed by atoms with Crippen LogP contribution < -0.4 is 5.32 Å². The van der Waals surface area contributed by atoms with E-state index in [0.717, 1.165) is 12.8 Å². The van der Waals surface area contributed by atoms with Gasteiger partial charge in [0.25, 0.3) is 0 Å². The largest absolute Gasteiger partial charge is 0.461 e. The highest BCUT2D eigenvalue weighted by atomic mass is 35.5. The van der Waals surface area contributed by atoms with Gasteiger partial charge in [-0.2, -0.15) is 0 Å². The van der Waals surface area contributed by atoms with Crippen LogP contribution in [0.2, 0.25) is 0 Å². The van der Waals surface area contributed by atoms with Crippen LogP contribution in [0.5, 0.6) is 0 Å². The van der Waals surface area contributed by atoms with Crippen LogP contribution in [0.25, 0.3) is 0 Å². The summed E-state index contributed by atoms with van der Waals surface area (Å²) in [4.78, 5) is 39.4. The van der Waals surface area contributed by atoms with Gasteiger partial charge in [0.15, 0.2) is 11.7 Å². The molecule has 3 atom stereocenters. The monoisotopic (exact) mass is 521 g/mol. The summed E-state index contributed by atoms with van der Waals surface area (Å²) >= 11 is 6.17. The van der Waals surface area contributed by atoms with E-state index in [1.54, 1.807) is 45.0 Å². The van der Waals surface area contributed by atoms with Gasteiger partial charge in [0.05, 0.1) is 0 Å². The number of benzene rings is 1. The summed E-state index contributed by atoms with van der Waals surface area (Å²) in [5.41, 5.74) is -0.334. The van der Waals surface area contributed by atoms with E-state index < -0.39 is 29.0 Å². The summed E-state index contributed by atoms with van der Waals surface area (Å²) in [6, 6.07) is 8.83. The van der Waals surface area contributed by atoms with Crippen molar-refractivity contribution in [2.45, 2.75) is 123 Å². The fourth-order valence-electron chi connectivity index (χ4n) is 4.09. The summed E-state index contributed by atoms with van der Waals surface area (Å²) in [5.74, 6) is -3.39. The number of unbranched alkanes of at least 4 members (excludes halogenated alkanes) is 8. The normalized spacial score (nSPS) is 14.1. The summed E-state index contributed by atoms with van der Waals surface area (Å²) < 4.78 is 5.83. The first-order valence-electron chi connectivity index (χ1n) is 13.8. The molecule has 1 aromatic rings. The van der Waals surface area contributed by atoms with E-state index in [0.29, 0.717) is 24.9 Å². The van der Waals surface area contributed by atoms with E-state index in [2.05, 4.69) is 12.2 Å². The van der Waals surface area contributed by atoms with Gasteiger partial charge in [-0.15, -0.1) is 11.6 Å². The molecule has 0 bridgehead atoms. The Bertz CT molecular complexity index is 773. The van der Waals surface area contributed by atoms with Gasteiger partial charge < -0.3 is 10.1 Å². The van der Waals surface area contributed by atoms with Crippen molar-refractivity contribution in [3.8, 4) is 0 Å². The van der Waals surface area contributed by atoms with E-state index in [1.807, 2.05) is 13.0 Å². The molecular weight excluding hydrogens is 474 g/mol. The molecule has 0 heterocycles. The Morgan fingerprint density at radius 1 is 0.861 bits per heavy atom. The molecule has 0 spiro atoms. The SMILES string of the molecule is CCCCCCCCCCCC(CCC(C)Cl)OC(=O)C(C(=O)Nc1ccccc1)C(=O)C(C)(C)C. The molecular formula is C30H48ClNO4. The van der Waals surface area contributed by atoms with Gasteiger partial charge in [-0.1, -0.05) is 97.3 Å². The number of carbonyl (C=O) groups is 3. The average Bonchev–Trinajstić information content (AvgIpc) is 2.81. The van der Waals surface area contributed by atoms with Gasteiger partial charge in [-0.3, -0.25) is 14.4 Å². The number of Topliss-reactive ketones (excluding diaryl/α,β-unsaturated/α-hetero) is 1. The van der Waals surface area contributed by atoms with E-state index in [-0.39, 0.29) is 11.5 Å². The third-order valence-electron chi connectivity index (χ3n) is 6.34. The number of hydrogen-bond acceptors (Lipinski definition) is 4. The highest BCUT2D eigenvalue weighted by Gasteiger charge is 2.42. The fourth-order valence-corrected chi connectivity index (χ4v) is 4.22. The maximum atomic E-state index is 13.2. The Kier molecular flexibility index (Phi) is 15.7. The van der Waals surface area contributed by atoms with Gasteiger partial charge in [0, 0.05) is 16.5 Å². The topological polar surface area (TPSA) is 72.5 Å². The molecule has 36 heavy (non-hydrogen) atoms. The van der Waals surface area contributed by atoms with Crippen molar-refractivity contribution in [3.05, 3.63) is 30.3 Å². The Labute approximate surface area is 224 Å². The lowest BCUT2D eigenvalue weighted by molar-refractivity contribution is -0.161. The molecule has 0 radical (unpaired) electrons. The molecule has 0 fully saturated rings. The lowest BCUT2D eigenvalue weighted by atomic mass is 9.82. The Hall–Kier alpha value is -1.88. The Morgan fingerprint density at radius 3 is 1.94 bits per heavy atom. The minimum Gasteiger partial charge on any atom is -0.461 e. The quantitative estimate of drug-likeness (QED) is 0.0916. The van der Waals surface area contributed by atoms with E-state index in [9.17, 15) is 14.4 Å². The number of nitrogens with one attached hydrogen (secondary N) is 1. The Morgan fingerprint density at radius 2 is 1.42 bits per heavy atom. The van der Waals surface area contributed by atoms with Crippen LogP contribution in [0.1, 0.15) is 112 Å². The van der Waals surface area contributed by atoms with E-state index >= 15 is 0 Å². The second kappa shape index (κ2) is 17.6. The summed E-state index contributed by atoms with van der Waals surface area (Å²) in [6.45, 7) is 9.27. The van der Waals surface area contributed by atoms with Crippen LogP contribution in [0.4, 0.5) is 5.69 Å². The minimum absolute atomic E-state index is 0.0392. The molecule has 0 aliphatic rings. The first kappa shape index (κ1) is 32.1. The Balaban J connectivity index is 2.77. The fraction of sp³-hybridized carbons (Fsp3) is 0.700. The lowest BCUT2D eigenvalue weighted by Crippen LogP contribution is -2.43. The number of rotatable bonds is 18. The average molecular weight is 522 g/mol. The summed E-state index contributed by atoms with van der Waals surface area (Å²) in [6.07, 6.45) is 12.6. The van der Waals surface area contributed by atoms with Gasteiger partial charge >= 0.3 is 5.97 Å². The van der Waals surface area contributed by atoms with E-state index in [4.69, 9.17) is 16.3 Å². The van der Waals surface area contributed by atoms with Crippen LogP contribution in [0.15, 0.2) is 30.3 Å². The standard InChI is InChI=1S/C30H48ClNO4/c1-6-7-8-9-10-11-12-13-17-20-25(22-21-23(2)31)36-29(35)26(27(33)30(3,4)5)28(34)32-24-18-15-14-16-19-24/h14-16,18-19,23,25-26H,6-13,17,20-22H2,1-5H3,(H,32,34). The number of ether oxygens (including phenoxy) is 1.